The minimum Gasteiger partial charge on any atom is -0.392 e. The van der Waals surface area contributed by atoms with Crippen LogP contribution in [-0.4, -0.2) is 35.7 Å². The van der Waals surface area contributed by atoms with Gasteiger partial charge >= 0.3 is 0 Å². The van der Waals surface area contributed by atoms with Crippen molar-refractivity contribution in [2.45, 2.75) is 52.1 Å². The number of hydrogen-bond donors (Lipinski definition) is 1. The Hall–Kier alpha value is -0.0800. The van der Waals surface area contributed by atoms with Crippen molar-refractivity contribution in [3.8, 4) is 0 Å². The van der Waals surface area contributed by atoms with E-state index < -0.39 is 0 Å². The molecule has 2 nitrogen and oxygen atoms in total. The van der Waals surface area contributed by atoms with E-state index in [4.69, 9.17) is 0 Å². The third kappa shape index (κ3) is 2.54. The first kappa shape index (κ1) is 11.4. The van der Waals surface area contributed by atoms with Gasteiger partial charge in [-0.3, -0.25) is 4.90 Å². The summed E-state index contributed by atoms with van der Waals surface area (Å²) in [4.78, 5) is 2.44. The Morgan fingerprint density at radius 3 is 2.27 bits per heavy atom. The highest BCUT2D eigenvalue weighted by molar-refractivity contribution is 4.96. The van der Waals surface area contributed by atoms with Crippen molar-refractivity contribution in [3.63, 3.8) is 0 Å². The maximum absolute atomic E-state index is 9.81. The highest BCUT2D eigenvalue weighted by Crippen LogP contribution is 2.43. The van der Waals surface area contributed by atoms with Crippen LogP contribution in [0.5, 0.6) is 0 Å². The maximum Gasteiger partial charge on any atom is 0.0689 e. The third-order valence-corrected chi connectivity index (χ3v) is 4.25. The van der Waals surface area contributed by atoms with E-state index in [2.05, 4.69) is 18.7 Å². The first-order chi connectivity index (χ1) is 7.11. The van der Waals surface area contributed by atoms with Gasteiger partial charge in [-0.1, -0.05) is 33.1 Å². The molecule has 0 radical (unpaired) electrons. The first-order valence-corrected chi connectivity index (χ1v) is 6.52. The summed E-state index contributed by atoms with van der Waals surface area (Å²) in [6, 6.07) is 0. The molecule has 1 heterocycles. The summed E-state index contributed by atoms with van der Waals surface area (Å²) in [5.74, 6) is 0.396. The van der Waals surface area contributed by atoms with Crippen LogP contribution in [0.1, 0.15) is 46.0 Å². The van der Waals surface area contributed by atoms with Crippen molar-refractivity contribution in [2.24, 2.45) is 11.3 Å². The summed E-state index contributed by atoms with van der Waals surface area (Å²) in [6.45, 7) is 7.58. The molecule has 1 unspecified atom stereocenters. The molecule has 1 saturated heterocycles. The van der Waals surface area contributed by atoms with E-state index in [-0.39, 0.29) is 6.10 Å². The SMILES string of the molecule is CC(C)C(O)CN1CC2(CCCCC2)C1. The van der Waals surface area contributed by atoms with E-state index in [1.165, 1.54) is 45.2 Å². The smallest absolute Gasteiger partial charge is 0.0689 e. The molecular weight excluding hydrogens is 186 g/mol. The van der Waals surface area contributed by atoms with Gasteiger partial charge in [0.1, 0.15) is 0 Å². The second kappa shape index (κ2) is 4.42. The zero-order valence-electron chi connectivity index (χ0n) is 10.2. The van der Waals surface area contributed by atoms with Crippen LogP contribution in [0, 0.1) is 11.3 Å². The highest BCUT2D eigenvalue weighted by Gasteiger charge is 2.43. The normalized spacial score (nSPS) is 28.0. The highest BCUT2D eigenvalue weighted by atomic mass is 16.3. The predicted molar refractivity (Wildman–Crippen MR) is 62.8 cm³/mol. The van der Waals surface area contributed by atoms with E-state index in [0.29, 0.717) is 11.3 Å². The van der Waals surface area contributed by atoms with E-state index >= 15 is 0 Å². The molecule has 0 aromatic carbocycles. The molecule has 0 amide bonds. The Morgan fingerprint density at radius 2 is 1.73 bits per heavy atom. The van der Waals surface area contributed by atoms with Crippen molar-refractivity contribution in [1.29, 1.82) is 0 Å². The van der Waals surface area contributed by atoms with Crippen molar-refractivity contribution in [1.82, 2.24) is 4.90 Å². The molecule has 2 aliphatic rings. The Bertz CT molecular complexity index is 201. The maximum atomic E-state index is 9.81. The Labute approximate surface area is 93.7 Å². The second-order valence-corrected chi connectivity index (χ2v) is 6.04. The number of rotatable bonds is 3. The molecule has 2 rings (SSSR count). The Balaban J connectivity index is 1.72. The molecule has 15 heavy (non-hydrogen) atoms. The van der Waals surface area contributed by atoms with E-state index in [1.807, 2.05) is 0 Å². The molecule has 1 aliphatic heterocycles. The van der Waals surface area contributed by atoms with E-state index in [1.54, 1.807) is 0 Å². The summed E-state index contributed by atoms with van der Waals surface area (Å²) in [5.41, 5.74) is 0.662. The van der Waals surface area contributed by atoms with Crippen LogP contribution in [0.4, 0.5) is 0 Å². The molecule has 88 valence electrons. The zero-order valence-corrected chi connectivity index (χ0v) is 10.2. The number of nitrogens with zero attached hydrogens (tertiary/aromatic N) is 1. The lowest BCUT2D eigenvalue weighted by atomic mass is 9.68. The molecule has 2 heteroatoms. The Kier molecular flexibility index (Phi) is 3.36. The average Bonchev–Trinajstić information content (AvgIpc) is 2.16. The van der Waals surface area contributed by atoms with Crippen LogP contribution >= 0.6 is 0 Å². The molecule has 1 N–H and O–H groups in total. The quantitative estimate of drug-likeness (QED) is 0.774. The fraction of sp³-hybridized carbons (Fsp3) is 1.00. The van der Waals surface area contributed by atoms with Gasteiger partial charge < -0.3 is 5.11 Å². The molecule has 1 atom stereocenters. The van der Waals surface area contributed by atoms with Gasteiger partial charge in [0, 0.05) is 19.6 Å². The molecule has 1 saturated carbocycles. The number of hydrogen-bond acceptors (Lipinski definition) is 2. The summed E-state index contributed by atoms with van der Waals surface area (Å²) in [7, 11) is 0. The van der Waals surface area contributed by atoms with Crippen LogP contribution in [-0.2, 0) is 0 Å². The molecule has 1 aliphatic carbocycles. The molecule has 0 aromatic heterocycles. The average molecular weight is 211 g/mol. The lowest BCUT2D eigenvalue weighted by Crippen LogP contribution is -2.58. The standard InChI is InChI=1S/C13H25NO/c1-11(2)12(15)8-14-9-13(10-14)6-4-3-5-7-13/h11-12,15H,3-10H2,1-2H3. The summed E-state index contributed by atoms with van der Waals surface area (Å²) >= 11 is 0. The van der Waals surface area contributed by atoms with Gasteiger partial charge in [0.15, 0.2) is 0 Å². The molecule has 0 aromatic rings. The largest absolute Gasteiger partial charge is 0.392 e. The van der Waals surface area contributed by atoms with Gasteiger partial charge in [-0.15, -0.1) is 0 Å². The molecule has 0 bridgehead atoms. The lowest BCUT2D eigenvalue weighted by molar-refractivity contribution is -0.0559. The van der Waals surface area contributed by atoms with E-state index in [0.717, 1.165) is 6.54 Å². The number of aliphatic hydroxyl groups excluding tert-OH is 1. The van der Waals surface area contributed by atoms with Crippen LogP contribution in [0.15, 0.2) is 0 Å². The first-order valence-electron chi connectivity index (χ1n) is 6.52. The van der Waals surface area contributed by atoms with Crippen LogP contribution < -0.4 is 0 Å². The van der Waals surface area contributed by atoms with Gasteiger partial charge in [-0.05, 0) is 24.2 Å². The summed E-state index contributed by atoms with van der Waals surface area (Å²) in [5, 5.41) is 9.81. The van der Waals surface area contributed by atoms with Gasteiger partial charge in [-0.2, -0.15) is 0 Å². The van der Waals surface area contributed by atoms with Crippen molar-refractivity contribution < 1.29 is 5.11 Å². The summed E-state index contributed by atoms with van der Waals surface area (Å²) < 4.78 is 0. The van der Waals surface area contributed by atoms with Gasteiger partial charge in [0.05, 0.1) is 6.10 Å². The number of likely N-dealkylation sites (tertiary alicyclic amines) is 1. The molecule has 2 fully saturated rings. The van der Waals surface area contributed by atoms with Crippen molar-refractivity contribution in [3.05, 3.63) is 0 Å². The zero-order chi connectivity index (χ0) is 10.9. The van der Waals surface area contributed by atoms with Gasteiger partial charge in [-0.25, -0.2) is 0 Å². The topological polar surface area (TPSA) is 23.5 Å². The number of β-amino-alcohol motifs (C(OH)–C–C–N with tert-alkyl or cyclic N) is 1. The Morgan fingerprint density at radius 1 is 1.13 bits per heavy atom. The van der Waals surface area contributed by atoms with Crippen LogP contribution in [0.3, 0.4) is 0 Å². The fourth-order valence-electron chi connectivity index (χ4n) is 3.12. The van der Waals surface area contributed by atoms with Crippen molar-refractivity contribution >= 4 is 0 Å². The molecule has 1 spiro atoms. The minimum atomic E-state index is -0.133. The van der Waals surface area contributed by atoms with Crippen molar-refractivity contribution in [2.75, 3.05) is 19.6 Å². The lowest BCUT2D eigenvalue weighted by Gasteiger charge is -2.53. The predicted octanol–water partition coefficient (Wildman–Crippen LogP) is 2.27. The van der Waals surface area contributed by atoms with Crippen LogP contribution in [0.25, 0.3) is 0 Å². The van der Waals surface area contributed by atoms with Crippen LogP contribution in [0.2, 0.25) is 0 Å². The fourth-order valence-corrected chi connectivity index (χ4v) is 3.12. The van der Waals surface area contributed by atoms with Gasteiger partial charge in [0.25, 0.3) is 0 Å². The minimum absolute atomic E-state index is 0.133. The monoisotopic (exact) mass is 211 g/mol. The van der Waals surface area contributed by atoms with Gasteiger partial charge in [0.2, 0.25) is 0 Å². The molecular formula is C13H25NO. The second-order valence-electron chi connectivity index (χ2n) is 6.04. The summed E-state index contributed by atoms with van der Waals surface area (Å²) in [6.07, 6.45) is 7.03. The third-order valence-electron chi connectivity index (χ3n) is 4.25. The van der Waals surface area contributed by atoms with E-state index in [9.17, 15) is 5.11 Å². The number of aliphatic hydroxyl groups is 1.